The number of benzene rings is 1. The molecule has 7 nitrogen and oxygen atoms in total. The molecule has 1 N–H and O–H groups in total. The number of hydrogen-bond acceptors (Lipinski definition) is 4. The van der Waals surface area contributed by atoms with Crippen LogP contribution in [0.4, 0.5) is 23.5 Å². The van der Waals surface area contributed by atoms with Crippen molar-refractivity contribution in [2.24, 2.45) is 0 Å². The summed E-state index contributed by atoms with van der Waals surface area (Å²) >= 11 is 5.96. The Kier molecular flexibility index (Phi) is 5.46. The van der Waals surface area contributed by atoms with E-state index in [0.29, 0.717) is 18.4 Å². The minimum atomic E-state index is -4.73. The summed E-state index contributed by atoms with van der Waals surface area (Å²) in [6.45, 7) is 1.52. The first-order chi connectivity index (χ1) is 14.6. The standard InChI is InChI=1S/C19H17ClF4N6O/c1-10(30-15(11-6-7-11)14(20)16(27-30)19(22,23)24)17(31)26-18-25-9-29(28-18)8-12-4-2-3-5-13(12)21/h2-5,9-11H,6-8H2,1H3,(H,26,28,31). The highest BCUT2D eigenvalue weighted by Crippen LogP contribution is 2.47. The molecule has 3 aromatic rings. The van der Waals surface area contributed by atoms with Crippen LogP contribution in [0.3, 0.4) is 0 Å². The Bertz CT molecular complexity index is 1120. The molecule has 1 unspecified atom stereocenters. The van der Waals surface area contributed by atoms with Gasteiger partial charge in [0.2, 0.25) is 5.95 Å². The Hall–Kier alpha value is -2.95. The summed E-state index contributed by atoms with van der Waals surface area (Å²) in [4.78, 5) is 16.6. The second-order valence-corrected chi connectivity index (χ2v) is 7.66. The smallest absolute Gasteiger partial charge is 0.291 e. The largest absolute Gasteiger partial charge is 0.436 e. The molecule has 164 valence electrons. The zero-order valence-corrected chi connectivity index (χ0v) is 17.0. The third-order valence-corrected chi connectivity index (χ3v) is 5.30. The summed E-state index contributed by atoms with van der Waals surface area (Å²) in [5, 5.41) is 9.64. The number of hydrogen-bond donors (Lipinski definition) is 1. The van der Waals surface area contributed by atoms with Crippen LogP contribution in [0.15, 0.2) is 30.6 Å². The molecule has 1 saturated carbocycles. The number of amides is 1. The minimum absolute atomic E-state index is 0.0598. The lowest BCUT2D eigenvalue weighted by atomic mass is 10.2. The SMILES string of the molecule is CC(C(=O)Nc1ncn(Cc2ccccc2F)n1)n1nc(C(F)(F)F)c(Cl)c1C1CC1. The number of nitrogens with zero attached hydrogens (tertiary/aromatic N) is 5. The third-order valence-electron chi connectivity index (χ3n) is 4.93. The molecule has 2 heterocycles. The van der Waals surface area contributed by atoms with E-state index in [1.54, 1.807) is 18.2 Å². The molecule has 12 heteroatoms. The van der Waals surface area contributed by atoms with Crippen molar-refractivity contribution in [3.63, 3.8) is 0 Å². The molecule has 2 aromatic heterocycles. The molecule has 1 aliphatic carbocycles. The first-order valence-electron chi connectivity index (χ1n) is 9.44. The summed E-state index contributed by atoms with van der Waals surface area (Å²) in [6, 6.07) is 5.08. The summed E-state index contributed by atoms with van der Waals surface area (Å²) < 4.78 is 55.8. The van der Waals surface area contributed by atoms with Gasteiger partial charge in [0.1, 0.15) is 18.2 Å². The van der Waals surface area contributed by atoms with Crippen molar-refractivity contribution in [1.29, 1.82) is 0 Å². The molecular formula is C19H17ClF4N6O. The highest BCUT2D eigenvalue weighted by atomic mass is 35.5. The monoisotopic (exact) mass is 456 g/mol. The van der Waals surface area contributed by atoms with Crippen LogP contribution in [0.25, 0.3) is 0 Å². The fourth-order valence-corrected chi connectivity index (χ4v) is 3.57. The van der Waals surface area contributed by atoms with E-state index in [-0.39, 0.29) is 24.1 Å². The van der Waals surface area contributed by atoms with Gasteiger partial charge in [-0.25, -0.2) is 14.1 Å². The van der Waals surface area contributed by atoms with E-state index < -0.39 is 34.7 Å². The Morgan fingerprint density at radius 1 is 1.29 bits per heavy atom. The molecule has 1 atom stereocenters. The lowest BCUT2D eigenvalue weighted by molar-refractivity contribution is -0.141. The number of alkyl halides is 3. The Labute approximate surface area is 179 Å². The fraction of sp³-hybridized carbons (Fsp3) is 0.368. The highest BCUT2D eigenvalue weighted by Gasteiger charge is 2.43. The van der Waals surface area contributed by atoms with Crippen molar-refractivity contribution in [3.8, 4) is 0 Å². The van der Waals surface area contributed by atoms with E-state index in [1.165, 1.54) is 24.0 Å². The van der Waals surface area contributed by atoms with Crippen molar-refractivity contribution >= 4 is 23.5 Å². The molecule has 0 saturated heterocycles. The summed E-state index contributed by atoms with van der Waals surface area (Å²) in [5.41, 5.74) is -0.615. The van der Waals surface area contributed by atoms with Crippen LogP contribution in [0.1, 0.15) is 48.7 Å². The van der Waals surface area contributed by atoms with Gasteiger partial charge in [0.25, 0.3) is 5.91 Å². The quantitative estimate of drug-likeness (QED) is 0.557. The van der Waals surface area contributed by atoms with Crippen molar-refractivity contribution in [2.45, 2.75) is 44.4 Å². The zero-order valence-electron chi connectivity index (χ0n) is 16.2. The van der Waals surface area contributed by atoms with Gasteiger partial charge in [-0.15, -0.1) is 5.10 Å². The number of anilines is 1. The van der Waals surface area contributed by atoms with E-state index in [2.05, 4.69) is 20.5 Å². The molecule has 1 aromatic carbocycles. The van der Waals surface area contributed by atoms with Gasteiger partial charge in [-0.2, -0.15) is 18.3 Å². The van der Waals surface area contributed by atoms with Gasteiger partial charge in [-0.05, 0) is 25.8 Å². The predicted octanol–water partition coefficient (Wildman–Crippen LogP) is 4.41. The van der Waals surface area contributed by atoms with Crippen molar-refractivity contribution in [1.82, 2.24) is 24.5 Å². The second-order valence-electron chi connectivity index (χ2n) is 7.29. The Morgan fingerprint density at radius 2 is 2.00 bits per heavy atom. The van der Waals surface area contributed by atoms with Crippen LogP contribution in [0, 0.1) is 5.82 Å². The lowest BCUT2D eigenvalue weighted by Crippen LogP contribution is -2.26. The fourth-order valence-electron chi connectivity index (χ4n) is 3.18. The molecular weight excluding hydrogens is 440 g/mol. The topological polar surface area (TPSA) is 77.6 Å². The minimum Gasteiger partial charge on any atom is -0.291 e. The van der Waals surface area contributed by atoms with Gasteiger partial charge in [0.15, 0.2) is 5.69 Å². The molecule has 1 amide bonds. The van der Waals surface area contributed by atoms with Gasteiger partial charge in [-0.3, -0.25) is 14.8 Å². The molecule has 1 fully saturated rings. The number of nitrogens with one attached hydrogen (secondary N) is 1. The maximum atomic E-state index is 13.8. The molecule has 0 spiro atoms. The van der Waals surface area contributed by atoms with Crippen molar-refractivity contribution in [2.75, 3.05) is 5.32 Å². The number of carbonyl (C=O) groups excluding carboxylic acids is 1. The molecule has 31 heavy (non-hydrogen) atoms. The van der Waals surface area contributed by atoms with Gasteiger partial charge in [0, 0.05) is 11.5 Å². The molecule has 0 bridgehead atoms. The van der Waals surface area contributed by atoms with Gasteiger partial charge in [0.05, 0.1) is 17.3 Å². The maximum Gasteiger partial charge on any atom is 0.436 e. The maximum absolute atomic E-state index is 13.8. The Morgan fingerprint density at radius 3 is 2.65 bits per heavy atom. The molecule has 0 radical (unpaired) electrons. The van der Waals surface area contributed by atoms with E-state index in [9.17, 15) is 22.4 Å². The van der Waals surface area contributed by atoms with Gasteiger partial charge < -0.3 is 0 Å². The lowest BCUT2D eigenvalue weighted by Gasteiger charge is -2.14. The van der Waals surface area contributed by atoms with Crippen LogP contribution in [-0.2, 0) is 17.5 Å². The summed E-state index contributed by atoms with van der Waals surface area (Å²) in [5.74, 6) is -1.28. The van der Waals surface area contributed by atoms with Crippen LogP contribution in [0.5, 0.6) is 0 Å². The van der Waals surface area contributed by atoms with Crippen molar-refractivity contribution in [3.05, 3.63) is 58.4 Å². The van der Waals surface area contributed by atoms with Crippen molar-refractivity contribution < 1.29 is 22.4 Å². The molecule has 0 aliphatic heterocycles. The van der Waals surface area contributed by atoms with Crippen LogP contribution >= 0.6 is 11.6 Å². The average Bonchev–Trinajstić information content (AvgIpc) is 3.34. The van der Waals surface area contributed by atoms with Crippen LogP contribution in [0.2, 0.25) is 5.02 Å². The van der Waals surface area contributed by atoms with E-state index in [0.717, 1.165) is 4.68 Å². The van der Waals surface area contributed by atoms with Crippen LogP contribution < -0.4 is 5.32 Å². The Balaban J connectivity index is 1.51. The number of aromatic nitrogens is 5. The molecule has 4 rings (SSSR count). The van der Waals surface area contributed by atoms with E-state index >= 15 is 0 Å². The number of rotatable bonds is 6. The summed E-state index contributed by atoms with van der Waals surface area (Å²) in [6.07, 6.45) is -2.05. The third kappa shape index (κ3) is 4.41. The van der Waals surface area contributed by atoms with Gasteiger partial charge in [-0.1, -0.05) is 29.8 Å². The summed E-state index contributed by atoms with van der Waals surface area (Å²) in [7, 11) is 0. The predicted molar refractivity (Wildman–Crippen MR) is 103 cm³/mol. The normalized spacial score (nSPS) is 15.2. The first kappa shape index (κ1) is 21.3. The van der Waals surface area contributed by atoms with Crippen LogP contribution in [-0.4, -0.2) is 30.5 Å². The average molecular weight is 457 g/mol. The van der Waals surface area contributed by atoms with Gasteiger partial charge >= 0.3 is 6.18 Å². The number of carbonyl (C=O) groups is 1. The molecule has 1 aliphatic rings. The van der Waals surface area contributed by atoms with E-state index in [1.807, 2.05) is 0 Å². The number of halogens is 5. The second kappa shape index (κ2) is 7.95. The zero-order chi connectivity index (χ0) is 22.3. The highest BCUT2D eigenvalue weighted by molar-refractivity contribution is 6.32. The first-order valence-corrected chi connectivity index (χ1v) is 9.81. The van der Waals surface area contributed by atoms with E-state index in [4.69, 9.17) is 11.6 Å².